The molecule has 4 heteroatoms. The van der Waals surface area contributed by atoms with Crippen LogP contribution < -0.4 is 10.2 Å². The highest BCUT2D eigenvalue weighted by molar-refractivity contribution is 5.64. The Morgan fingerprint density at radius 3 is 2.00 bits per heavy atom. The number of nitrogens with zero attached hydrogens (tertiary/aromatic N) is 1. The van der Waals surface area contributed by atoms with Crippen LogP contribution in [0.3, 0.4) is 0 Å². The molecule has 1 aliphatic heterocycles. The average Bonchev–Trinajstić information content (AvgIpc) is 2.93. The van der Waals surface area contributed by atoms with E-state index in [9.17, 15) is 8.78 Å². The van der Waals surface area contributed by atoms with Crippen molar-refractivity contribution >= 4 is 11.4 Å². The van der Waals surface area contributed by atoms with Crippen LogP contribution in [0.1, 0.15) is 6.42 Å². The Bertz CT molecular complexity index is 549. The van der Waals surface area contributed by atoms with Crippen LogP contribution >= 0.6 is 0 Å². The predicted molar refractivity (Wildman–Crippen MR) is 76.2 cm³/mol. The minimum absolute atomic E-state index is 0.207. The molecule has 0 amide bonds. The van der Waals surface area contributed by atoms with Crippen LogP contribution in [0.2, 0.25) is 0 Å². The second kappa shape index (κ2) is 5.59. The number of anilines is 2. The van der Waals surface area contributed by atoms with E-state index in [-0.39, 0.29) is 17.7 Å². The van der Waals surface area contributed by atoms with Gasteiger partial charge in [0, 0.05) is 24.0 Å². The summed E-state index contributed by atoms with van der Waals surface area (Å²) in [5.41, 5.74) is 1.51. The number of rotatable bonds is 3. The van der Waals surface area contributed by atoms with Crippen molar-refractivity contribution in [2.24, 2.45) is 0 Å². The SMILES string of the molecule is Fc1cccc(N(c2cccc(F)c2)C2CCNC2)c1. The topological polar surface area (TPSA) is 15.3 Å². The Kier molecular flexibility index (Phi) is 3.65. The summed E-state index contributed by atoms with van der Waals surface area (Å²) in [7, 11) is 0. The van der Waals surface area contributed by atoms with Crippen molar-refractivity contribution in [2.75, 3.05) is 18.0 Å². The van der Waals surface area contributed by atoms with Gasteiger partial charge in [-0.05, 0) is 49.4 Å². The smallest absolute Gasteiger partial charge is 0.125 e. The molecule has 2 nitrogen and oxygen atoms in total. The molecule has 2 aromatic carbocycles. The Labute approximate surface area is 117 Å². The van der Waals surface area contributed by atoms with Crippen LogP contribution in [0, 0.1) is 11.6 Å². The maximum absolute atomic E-state index is 13.5. The summed E-state index contributed by atoms with van der Waals surface area (Å²) in [5, 5.41) is 3.29. The normalized spacial score (nSPS) is 18.2. The van der Waals surface area contributed by atoms with Gasteiger partial charge in [0.15, 0.2) is 0 Å². The number of nitrogens with one attached hydrogen (secondary N) is 1. The monoisotopic (exact) mass is 274 g/mol. The van der Waals surface area contributed by atoms with Gasteiger partial charge in [0.2, 0.25) is 0 Å². The van der Waals surface area contributed by atoms with Gasteiger partial charge in [0.25, 0.3) is 0 Å². The highest BCUT2D eigenvalue weighted by Crippen LogP contribution is 2.30. The van der Waals surface area contributed by atoms with Gasteiger partial charge < -0.3 is 10.2 Å². The van der Waals surface area contributed by atoms with Crippen LogP contribution in [-0.4, -0.2) is 19.1 Å². The van der Waals surface area contributed by atoms with Crippen molar-refractivity contribution in [3.05, 3.63) is 60.2 Å². The lowest BCUT2D eigenvalue weighted by atomic mass is 10.1. The van der Waals surface area contributed by atoms with Gasteiger partial charge in [0.05, 0.1) is 0 Å². The van der Waals surface area contributed by atoms with Gasteiger partial charge in [0.1, 0.15) is 11.6 Å². The largest absolute Gasteiger partial charge is 0.337 e. The summed E-state index contributed by atoms with van der Waals surface area (Å²) in [5.74, 6) is -0.565. The van der Waals surface area contributed by atoms with Crippen LogP contribution in [0.5, 0.6) is 0 Å². The molecule has 0 aromatic heterocycles. The lowest BCUT2D eigenvalue weighted by molar-refractivity contribution is 0.622. The average molecular weight is 274 g/mol. The fourth-order valence-corrected chi connectivity index (χ4v) is 2.68. The molecule has 3 rings (SSSR count). The fourth-order valence-electron chi connectivity index (χ4n) is 2.68. The minimum Gasteiger partial charge on any atom is -0.337 e. The quantitative estimate of drug-likeness (QED) is 0.922. The van der Waals surface area contributed by atoms with E-state index in [1.54, 1.807) is 12.1 Å². The Morgan fingerprint density at radius 2 is 1.55 bits per heavy atom. The summed E-state index contributed by atoms with van der Waals surface area (Å²) >= 11 is 0. The Morgan fingerprint density at radius 1 is 0.950 bits per heavy atom. The zero-order valence-electron chi connectivity index (χ0n) is 11.0. The molecule has 1 fully saturated rings. The van der Waals surface area contributed by atoms with Crippen molar-refractivity contribution in [3.8, 4) is 0 Å². The van der Waals surface area contributed by atoms with Crippen LogP contribution in [0.25, 0.3) is 0 Å². The molecule has 0 aliphatic carbocycles. The third-order valence-electron chi connectivity index (χ3n) is 3.57. The maximum Gasteiger partial charge on any atom is 0.125 e. The summed E-state index contributed by atoms with van der Waals surface area (Å²) in [4.78, 5) is 2.01. The number of hydrogen-bond acceptors (Lipinski definition) is 2. The predicted octanol–water partition coefficient (Wildman–Crippen LogP) is 3.46. The molecule has 1 atom stereocenters. The van der Waals surface area contributed by atoms with Crippen LogP contribution in [-0.2, 0) is 0 Å². The first kappa shape index (κ1) is 13.1. The molecule has 1 unspecified atom stereocenters. The molecule has 1 saturated heterocycles. The molecule has 0 saturated carbocycles. The van der Waals surface area contributed by atoms with E-state index >= 15 is 0 Å². The lowest BCUT2D eigenvalue weighted by Crippen LogP contribution is -2.33. The highest BCUT2D eigenvalue weighted by Gasteiger charge is 2.24. The molecule has 1 N–H and O–H groups in total. The molecule has 1 aliphatic rings. The number of benzene rings is 2. The van der Waals surface area contributed by atoms with Gasteiger partial charge in [-0.1, -0.05) is 12.1 Å². The Balaban J connectivity index is 2.03. The minimum atomic E-state index is -0.283. The van der Waals surface area contributed by atoms with Crippen molar-refractivity contribution in [3.63, 3.8) is 0 Å². The van der Waals surface area contributed by atoms with E-state index in [4.69, 9.17) is 0 Å². The van der Waals surface area contributed by atoms with Crippen molar-refractivity contribution < 1.29 is 8.78 Å². The first-order valence-electron chi connectivity index (χ1n) is 6.75. The molecule has 20 heavy (non-hydrogen) atoms. The van der Waals surface area contributed by atoms with Crippen molar-refractivity contribution in [1.82, 2.24) is 5.32 Å². The van der Waals surface area contributed by atoms with Gasteiger partial charge >= 0.3 is 0 Å². The third kappa shape index (κ3) is 2.65. The van der Waals surface area contributed by atoms with Crippen LogP contribution in [0.4, 0.5) is 20.2 Å². The second-order valence-corrected chi connectivity index (χ2v) is 4.98. The van der Waals surface area contributed by atoms with Crippen molar-refractivity contribution in [1.29, 1.82) is 0 Å². The zero-order chi connectivity index (χ0) is 13.9. The van der Waals surface area contributed by atoms with E-state index in [0.29, 0.717) is 0 Å². The van der Waals surface area contributed by atoms with E-state index < -0.39 is 0 Å². The first-order valence-corrected chi connectivity index (χ1v) is 6.75. The van der Waals surface area contributed by atoms with Gasteiger partial charge in [-0.25, -0.2) is 8.78 Å². The molecule has 2 aromatic rings. The molecule has 104 valence electrons. The summed E-state index contributed by atoms with van der Waals surface area (Å²) in [6, 6.07) is 13.1. The van der Waals surface area contributed by atoms with Gasteiger partial charge in [-0.2, -0.15) is 0 Å². The standard InChI is InChI=1S/C16H16F2N2/c17-12-3-1-5-14(9-12)20(16-7-8-19-11-16)15-6-2-4-13(18)10-15/h1-6,9-10,16,19H,7-8,11H2. The number of halogens is 2. The van der Waals surface area contributed by atoms with Crippen molar-refractivity contribution in [2.45, 2.75) is 12.5 Å². The van der Waals surface area contributed by atoms with Gasteiger partial charge in [-0.15, -0.1) is 0 Å². The Hall–Kier alpha value is -1.94. The fraction of sp³-hybridized carbons (Fsp3) is 0.250. The van der Waals surface area contributed by atoms with E-state index in [2.05, 4.69) is 5.32 Å². The first-order chi connectivity index (χ1) is 9.74. The number of hydrogen-bond donors (Lipinski definition) is 1. The highest BCUT2D eigenvalue weighted by atomic mass is 19.1. The summed E-state index contributed by atoms with van der Waals surface area (Å²) < 4.78 is 27.0. The molecule has 0 spiro atoms. The van der Waals surface area contributed by atoms with Gasteiger partial charge in [-0.3, -0.25) is 0 Å². The molecule has 0 radical (unpaired) electrons. The lowest BCUT2D eigenvalue weighted by Gasteiger charge is -2.31. The summed E-state index contributed by atoms with van der Waals surface area (Å²) in [6.07, 6.45) is 0.951. The van der Waals surface area contributed by atoms with E-state index in [0.717, 1.165) is 30.9 Å². The van der Waals surface area contributed by atoms with Crippen LogP contribution in [0.15, 0.2) is 48.5 Å². The second-order valence-electron chi connectivity index (χ2n) is 4.98. The van der Waals surface area contributed by atoms with E-state index in [1.807, 2.05) is 17.0 Å². The maximum atomic E-state index is 13.5. The molecule has 0 bridgehead atoms. The molecule has 1 heterocycles. The third-order valence-corrected chi connectivity index (χ3v) is 3.57. The zero-order valence-corrected chi connectivity index (χ0v) is 11.0. The summed E-state index contributed by atoms with van der Waals surface area (Å²) in [6.45, 7) is 1.73. The van der Waals surface area contributed by atoms with E-state index in [1.165, 1.54) is 24.3 Å². The molecular formula is C16H16F2N2. The molecular weight excluding hydrogens is 258 g/mol.